The summed E-state index contributed by atoms with van der Waals surface area (Å²) in [5.74, 6) is -0.0981. The van der Waals surface area contributed by atoms with Gasteiger partial charge in [-0.05, 0) is 5.92 Å². The van der Waals surface area contributed by atoms with E-state index in [1.165, 1.54) is 24.7 Å². The van der Waals surface area contributed by atoms with Gasteiger partial charge in [0.05, 0.1) is 6.20 Å². The topological polar surface area (TPSA) is 82.1 Å². The number of hydrogen-bond acceptors (Lipinski definition) is 4. The Balaban J connectivity index is 2.41. The number of aryl methyl sites for hydroxylation is 1. The highest BCUT2D eigenvalue weighted by atomic mass is 16.2. The van der Waals surface area contributed by atoms with Crippen molar-refractivity contribution in [1.82, 2.24) is 23.8 Å². The number of nitrogens with zero attached hydrogens (tertiary/aromatic N) is 5. The van der Waals surface area contributed by atoms with E-state index in [9.17, 15) is 14.4 Å². The number of rotatable bonds is 5. The predicted molar refractivity (Wildman–Crippen MR) is 89.7 cm³/mol. The van der Waals surface area contributed by atoms with Gasteiger partial charge in [-0.25, -0.2) is 4.79 Å². The first-order valence-electron chi connectivity index (χ1n) is 7.74. The van der Waals surface area contributed by atoms with E-state index in [4.69, 9.17) is 0 Å². The Morgan fingerprint density at radius 1 is 1.21 bits per heavy atom. The van der Waals surface area contributed by atoms with Gasteiger partial charge in [-0.3, -0.25) is 23.4 Å². The Kier molecular flexibility index (Phi) is 5.06. The molecule has 1 amide bonds. The third kappa shape index (κ3) is 3.64. The van der Waals surface area contributed by atoms with Crippen LogP contribution in [0.3, 0.4) is 0 Å². The zero-order chi connectivity index (χ0) is 18.0. The summed E-state index contributed by atoms with van der Waals surface area (Å²) in [6.07, 6.45) is 3.54. The molecule has 0 bridgehead atoms. The summed E-state index contributed by atoms with van der Waals surface area (Å²) >= 11 is 0. The Labute approximate surface area is 139 Å². The minimum atomic E-state index is -0.517. The van der Waals surface area contributed by atoms with E-state index in [1.807, 2.05) is 27.1 Å². The maximum Gasteiger partial charge on any atom is 0.331 e. The molecule has 0 radical (unpaired) electrons. The van der Waals surface area contributed by atoms with Gasteiger partial charge in [0.2, 0.25) is 0 Å². The van der Waals surface area contributed by atoms with Crippen LogP contribution in [0.25, 0.3) is 0 Å². The standard InChI is InChI=1S/C16H23N5O3/c1-11(2)8-21(10-12-7-17-18(3)9-12)15(23)13-6-14(22)20(5)16(24)19(13)4/h6-7,9,11H,8,10H2,1-5H3. The first kappa shape index (κ1) is 17.7. The van der Waals surface area contributed by atoms with Crippen molar-refractivity contribution >= 4 is 5.91 Å². The molecular weight excluding hydrogens is 310 g/mol. The van der Waals surface area contributed by atoms with Crippen LogP contribution in [0.2, 0.25) is 0 Å². The number of hydrogen-bond donors (Lipinski definition) is 0. The van der Waals surface area contributed by atoms with Crippen LogP contribution < -0.4 is 11.2 Å². The third-order valence-electron chi connectivity index (χ3n) is 3.75. The van der Waals surface area contributed by atoms with Crippen molar-refractivity contribution in [3.63, 3.8) is 0 Å². The lowest BCUT2D eigenvalue weighted by molar-refractivity contribution is 0.0710. The fraction of sp³-hybridized carbons (Fsp3) is 0.500. The maximum absolute atomic E-state index is 12.9. The number of amides is 1. The van der Waals surface area contributed by atoms with Crippen molar-refractivity contribution in [2.75, 3.05) is 6.54 Å². The second-order valence-electron chi connectivity index (χ2n) is 6.37. The van der Waals surface area contributed by atoms with E-state index in [0.29, 0.717) is 13.1 Å². The van der Waals surface area contributed by atoms with E-state index >= 15 is 0 Å². The summed E-state index contributed by atoms with van der Waals surface area (Å²) in [6, 6.07) is 1.21. The van der Waals surface area contributed by atoms with Crippen LogP contribution in [0.5, 0.6) is 0 Å². The van der Waals surface area contributed by atoms with Crippen LogP contribution in [-0.4, -0.2) is 36.3 Å². The quantitative estimate of drug-likeness (QED) is 0.778. The second kappa shape index (κ2) is 6.86. The van der Waals surface area contributed by atoms with Gasteiger partial charge in [0, 0.05) is 52.1 Å². The lowest BCUT2D eigenvalue weighted by Crippen LogP contribution is -2.43. The Bertz CT molecular complexity index is 859. The fourth-order valence-corrected chi connectivity index (χ4v) is 2.53. The SMILES string of the molecule is CC(C)CN(Cc1cnn(C)c1)C(=O)c1cc(=O)n(C)c(=O)n1C. The van der Waals surface area contributed by atoms with Crippen LogP contribution in [0.15, 0.2) is 28.0 Å². The summed E-state index contributed by atoms with van der Waals surface area (Å²) in [5.41, 5.74) is -0.0305. The van der Waals surface area contributed by atoms with Crippen LogP contribution >= 0.6 is 0 Å². The van der Waals surface area contributed by atoms with Crippen molar-refractivity contribution in [2.45, 2.75) is 20.4 Å². The monoisotopic (exact) mass is 333 g/mol. The molecule has 0 saturated heterocycles. The average molecular weight is 333 g/mol. The van der Waals surface area contributed by atoms with Crippen LogP contribution in [0.1, 0.15) is 29.9 Å². The van der Waals surface area contributed by atoms with Crippen molar-refractivity contribution in [2.24, 2.45) is 27.1 Å². The van der Waals surface area contributed by atoms with E-state index in [2.05, 4.69) is 5.10 Å². The first-order valence-corrected chi connectivity index (χ1v) is 7.74. The van der Waals surface area contributed by atoms with Gasteiger partial charge in [0.15, 0.2) is 0 Å². The molecule has 2 aromatic rings. The summed E-state index contributed by atoms with van der Waals surface area (Å²) in [4.78, 5) is 38.5. The van der Waals surface area contributed by atoms with Gasteiger partial charge in [0.25, 0.3) is 11.5 Å². The van der Waals surface area contributed by atoms with E-state index in [-0.39, 0.29) is 17.5 Å². The molecular formula is C16H23N5O3. The van der Waals surface area contributed by atoms with Crippen molar-refractivity contribution in [3.05, 3.63) is 50.6 Å². The van der Waals surface area contributed by atoms with Gasteiger partial charge in [-0.1, -0.05) is 13.8 Å². The predicted octanol–water partition coefficient (Wildman–Crippen LogP) is 0.116. The molecule has 2 aromatic heterocycles. The molecule has 2 heterocycles. The number of aromatic nitrogens is 4. The lowest BCUT2D eigenvalue weighted by Gasteiger charge is -2.25. The molecule has 0 aliphatic rings. The summed E-state index contributed by atoms with van der Waals surface area (Å²) in [7, 11) is 4.69. The van der Waals surface area contributed by atoms with Crippen molar-refractivity contribution in [3.8, 4) is 0 Å². The van der Waals surface area contributed by atoms with E-state index in [0.717, 1.165) is 10.1 Å². The van der Waals surface area contributed by atoms with Gasteiger partial charge < -0.3 is 4.90 Å². The maximum atomic E-state index is 12.9. The molecule has 0 saturated carbocycles. The minimum absolute atomic E-state index is 0.0904. The van der Waals surface area contributed by atoms with Crippen LogP contribution in [-0.2, 0) is 27.7 Å². The molecule has 0 fully saturated rings. The van der Waals surface area contributed by atoms with Gasteiger partial charge in [-0.15, -0.1) is 0 Å². The highest BCUT2D eigenvalue weighted by Crippen LogP contribution is 2.10. The molecule has 0 aromatic carbocycles. The second-order valence-corrected chi connectivity index (χ2v) is 6.37. The Hall–Kier alpha value is -2.64. The molecule has 0 atom stereocenters. The normalized spacial score (nSPS) is 11.1. The molecule has 8 heteroatoms. The largest absolute Gasteiger partial charge is 0.333 e. The lowest BCUT2D eigenvalue weighted by atomic mass is 10.2. The highest BCUT2D eigenvalue weighted by Gasteiger charge is 2.22. The first-order chi connectivity index (χ1) is 11.2. The zero-order valence-electron chi connectivity index (χ0n) is 14.7. The van der Waals surface area contributed by atoms with E-state index in [1.54, 1.807) is 15.8 Å². The third-order valence-corrected chi connectivity index (χ3v) is 3.75. The van der Waals surface area contributed by atoms with Crippen molar-refractivity contribution < 1.29 is 4.79 Å². The molecule has 8 nitrogen and oxygen atoms in total. The summed E-state index contributed by atoms with van der Waals surface area (Å²) in [5, 5.41) is 4.11. The van der Waals surface area contributed by atoms with Crippen LogP contribution in [0.4, 0.5) is 0 Å². The molecule has 0 aliphatic heterocycles. The minimum Gasteiger partial charge on any atom is -0.333 e. The fourth-order valence-electron chi connectivity index (χ4n) is 2.53. The molecule has 0 spiro atoms. The molecule has 130 valence electrons. The van der Waals surface area contributed by atoms with E-state index < -0.39 is 11.2 Å². The smallest absolute Gasteiger partial charge is 0.331 e. The number of carbonyl (C=O) groups excluding carboxylic acids is 1. The Morgan fingerprint density at radius 3 is 2.42 bits per heavy atom. The van der Waals surface area contributed by atoms with Crippen molar-refractivity contribution in [1.29, 1.82) is 0 Å². The highest BCUT2D eigenvalue weighted by molar-refractivity contribution is 5.92. The zero-order valence-corrected chi connectivity index (χ0v) is 14.7. The molecule has 0 aliphatic carbocycles. The summed E-state index contributed by atoms with van der Waals surface area (Å²) < 4.78 is 3.85. The van der Waals surface area contributed by atoms with Gasteiger partial charge >= 0.3 is 5.69 Å². The summed E-state index contributed by atoms with van der Waals surface area (Å²) in [6.45, 7) is 4.89. The van der Waals surface area contributed by atoms with Gasteiger partial charge in [0.1, 0.15) is 5.69 Å². The van der Waals surface area contributed by atoms with Crippen LogP contribution in [0, 0.1) is 5.92 Å². The Morgan fingerprint density at radius 2 is 1.88 bits per heavy atom. The number of carbonyl (C=O) groups is 1. The average Bonchev–Trinajstić information content (AvgIpc) is 2.92. The molecule has 0 unspecified atom stereocenters. The molecule has 24 heavy (non-hydrogen) atoms. The molecule has 0 N–H and O–H groups in total. The molecule has 2 rings (SSSR count). The van der Waals surface area contributed by atoms with Gasteiger partial charge in [-0.2, -0.15) is 5.10 Å².